The maximum absolute atomic E-state index is 13.0. The number of H-pyrrole nitrogens is 1. The summed E-state index contributed by atoms with van der Waals surface area (Å²) in [5.74, 6) is -0.102. The number of para-hydroxylation sites is 2. The van der Waals surface area contributed by atoms with Gasteiger partial charge in [-0.15, -0.1) is 0 Å². The van der Waals surface area contributed by atoms with E-state index in [-0.39, 0.29) is 18.9 Å². The maximum Gasteiger partial charge on any atom is 0.306 e. The van der Waals surface area contributed by atoms with Gasteiger partial charge in [0.15, 0.2) is 6.61 Å². The third-order valence-corrected chi connectivity index (χ3v) is 4.77. The summed E-state index contributed by atoms with van der Waals surface area (Å²) >= 11 is 0. The maximum atomic E-state index is 13.0. The lowest BCUT2D eigenvalue weighted by atomic mass is 10.0. The van der Waals surface area contributed by atoms with Gasteiger partial charge in [-0.25, -0.2) is 4.98 Å². The minimum Gasteiger partial charge on any atom is -0.456 e. The van der Waals surface area contributed by atoms with Crippen molar-refractivity contribution in [1.29, 1.82) is 0 Å². The first-order valence-corrected chi connectivity index (χ1v) is 9.21. The molecular weight excluding hydrogens is 356 g/mol. The summed E-state index contributed by atoms with van der Waals surface area (Å²) in [6.45, 7) is -0.308. The van der Waals surface area contributed by atoms with Gasteiger partial charge in [-0.05, 0) is 36.1 Å². The lowest BCUT2D eigenvalue weighted by Gasteiger charge is -2.24. The monoisotopic (exact) mass is 376 g/mol. The van der Waals surface area contributed by atoms with Gasteiger partial charge in [0.1, 0.15) is 12.2 Å². The number of hydrogen-bond donors (Lipinski definition) is 1. The number of anilines is 2. The molecule has 0 spiro atoms. The fourth-order valence-electron chi connectivity index (χ4n) is 3.40. The molecule has 0 bridgehead atoms. The Kier molecular flexibility index (Phi) is 5.14. The van der Waals surface area contributed by atoms with E-state index < -0.39 is 5.97 Å². The van der Waals surface area contributed by atoms with Crippen molar-refractivity contribution in [2.75, 3.05) is 11.5 Å². The predicted molar refractivity (Wildman–Crippen MR) is 103 cm³/mol. The van der Waals surface area contributed by atoms with Gasteiger partial charge in [0.05, 0.1) is 17.8 Å². The average molecular weight is 376 g/mol. The van der Waals surface area contributed by atoms with Crippen LogP contribution in [0.2, 0.25) is 0 Å². The first kappa shape index (κ1) is 17.9. The molecule has 0 aliphatic carbocycles. The fraction of sp³-hybridized carbons (Fsp3) is 0.238. The van der Waals surface area contributed by atoms with E-state index in [1.807, 2.05) is 48.5 Å². The number of amides is 1. The number of ether oxygens (including phenoxy) is 1. The Hall–Kier alpha value is -3.48. The van der Waals surface area contributed by atoms with Crippen LogP contribution in [0, 0.1) is 0 Å². The van der Waals surface area contributed by atoms with Crippen molar-refractivity contribution in [3.8, 4) is 0 Å². The van der Waals surface area contributed by atoms with Crippen LogP contribution in [0.5, 0.6) is 0 Å². The standard InChI is InChI=1S/C21H20N4O3/c26-20(13-28-21(27)12-11-19-22-14-23-24-19)25-17-7-3-1-5-15(17)9-10-16-6-2-4-8-18(16)25/h1-8,14H,9-13H2,(H,22,23,24). The molecule has 1 aromatic heterocycles. The van der Waals surface area contributed by atoms with Crippen molar-refractivity contribution < 1.29 is 14.3 Å². The van der Waals surface area contributed by atoms with Crippen LogP contribution in [0.25, 0.3) is 0 Å². The first-order valence-electron chi connectivity index (χ1n) is 9.21. The summed E-state index contributed by atoms with van der Waals surface area (Å²) in [5, 5.41) is 6.43. The molecule has 2 aromatic carbocycles. The number of aryl methyl sites for hydroxylation is 3. The molecule has 3 aromatic rings. The zero-order valence-electron chi connectivity index (χ0n) is 15.3. The fourth-order valence-corrected chi connectivity index (χ4v) is 3.40. The molecule has 0 unspecified atom stereocenters. The molecule has 1 aliphatic heterocycles. The van der Waals surface area contributed by atoms with E-state index in [2.05, 4.69) is 15.2 Å². The van der Waals surface area contributed by atoms with Gasteiger partial charge in [0, 0.05) is 6.42 Å². The molecule has 1 aliphatic rings. The number of hydrogen-bond acceptors (Lipinski definition) is 5. The molecule has 0 atom stereocenters. The Balaban J connectivity index is 1.49. The molecule has 0 saturated carbocycles. The zero-order chi connectivity index (χ0) is 19.3. The third-order valence-electron chi connectivity index (χ3n) is 4.77. The van der Waals surface area contributed by atoms with Gasteiger partial charge in [-0.1, -0.05) is 36.4 Å². The van der Waals surface area contributed by atoms with Crippen molar-refractivity contribution in [3.05, 3.63) is 71.8 Å². The van der Waals surface area contributed by atoms with Crippen LogP contribution >= 0.6 is 0 Å². The molecule has 7 heteroatoms. The molecule has 0 saturated heterocycles. The Morgan fingerprint density at radius 3 is 2.25 bits per heavy atom. The number of nitrogens with one attached hydrogen (secondary N) is 1. The normalized spacial score (nSPS) is 12.6. The van der Waals surface area contributed by atoms with Crippen LogP contribution in [-0.4, -0.2) is 33.7 Å². The molecule has 0 radical (unpaired) electrons. The van der Waals surface area contributed by atoms with Gasteiger partial charge in [0.2, 0.25) is 0 Å². The second-order valence-electron chi connectivity index (χ2n) is 6.58. The number of rotatable bonds is 5. The number of fused-ring (bicyclic) bond motifs is 2. The smallest absolute Gasteiger partial charge is 0.306 e. The number of benzene rings is 2. The van der Waals surface area contributed by atoms with Gasteiger partial charge in [-0.3, -0.25) is 19.6 Å². The zero-order valence-corrected chi connectivity index (χ0v) is 15.3. The van der Waals surface area contributed by atoms with E-state index in [0.717, 1.165) is 35.3 Å². The van der Waals surface area contributed by atoms with Crippen LogP contribution in [0.1, 0.15) is 23.4 Å². The highest BCUT2D eigenvalue weighted by Gasteiger charge is 2.26. The molecule has 142 valence electrons. The second kappa shape index (κ2) is 8.04. The summed E-state index contributed by atoms with van der Waals surface area (Å²) in [6, 6.07) is 15.7. The molecular formula is C21H20N4O3. The van der Waals surface area contributed by atoms with E-state index in [4.69, 9.17) is 4.74 Å². The van der Waals surface area contributed by atoms with Crippen molar-refractivity contribution in [2.45, 2.75) is 25.7 Å². The van der Waals surface area contributed by atoms with Crippen molar-refractivity contribution in [1.82, 2.24) is 15.2 Å². The molecule has 4 rings (SSSR count). The third kappa shape index (κ3) is 3.78. The van der Waals surface area contributed by atoms with E-state index in [1.54, 1.807) is 4.90 Å². The number of aromatic amines is 1. The van der Waals surface area contributed by atoms with Crippen molar-refractivity contribution in [3.63, 3.8) is 0 Å². The summed E-state index contributed by atoms with van der Waals surface area (Å²) in [7, 11) is 0. The summed E-state index contributed by atoms with van der Waals surface area (Å²) in [5.41, 5.74) is 3.89. The Morgan fingerprint density at radius 2 is 1.64 bits per heavy atom. The van der Waals surface area contributed by atoms with Crippen LogP contribution in [0.15, 0.2) is 54.9 Å². The SMILES string of the molecule is O=C(CCc1ncn[nH]1)OCC(=O)N1c2ccccc2CCc2ccccc21. The van der Waals surface area contributed by atoms with E-state index in [9.17, 15) is 9.59 Å². The minimum absolute atomic E-state index is 0.135. The number of nitrogens with zero attached hydrogens (tertiary/aromatic N) is 3. The van der Waals surface area contributed by atoms with Crippen LogP contribution < -0.4 is 4.90 Å². The second-order valence-corrected chi connectivity index (χ2v) is 6.58. The predicted octanol–water partition coefficient (Wildman–Crippen LogP) is 2.74. The van der Waals surface area contributed by atoms with Crippen LogP contribution in [0.4, 0.5) is 11.4 Å². The largest absolute Gasteiger partial charge is 0.456 e. The molecule has 1 N–H and O–H groups in total. The molecule has 2 heterocycles. The van der Waals surface area contributed by atoms with Crippen LogP contribution in [-0.2, 0) is 33.6 Å². The number of carbonyl (C=O) groups excluding carboxylic acids is 2. The highest BCUT2D eigenvalue weighted by atomic mass is 16.5. The van der Waals surface area contributed by atoms with Crippen molar-refractivity contribution >= 4 is 23.3 Å². The highest BCUT2D eigenvalue weighted by Crippen LogP contribution is 2.35. The van der Waals surface area contributed by atoms with Crippen LogP contribution in [0.3, 0.4) is 0 Å². The molecule has 0 fully saturated rings. The average Bonchev–Trinajstić information content (AvgIpc) is 3.18. The number of carbonyl (C=O) groups is 2. The lowest BCUT2D eigenvalue weighted by molar-refractivity contribution is -0.147. The lowest BCUT2D eigenvalue weighted by Crippen LogP contribution is -2.31. The van der Waals surface area contributed by atoms with Gasteiger partial charge in [-0.2, -0.15) is 5.10 Å². The molecule has 7 nitrogen and oxygen atoms in total. The van der Waals surface area contributed by atoms with Crippen molar-refractivity contribution in [2.24, 2.45) is 0 Å². The molecule has 1 amide bonds. The van der Waals surface area contributed by atoms with Gasteiger partial charge < -0.3 is 4.74 Å². The van der Waals surface area contributed by atoms with Gasteiger partial charge >= 0.3 is 5.97 Å². The Labute approximate surface area is 162 Å². The van der Waals surface area contributed by atoms with E-state index >= 15 is 0 Å². The van der Waals surface area contributed by atoms with E-state index in [0.29, 0.717) is 12.2 Å². The summed E-state index contributed by atoms with van der Waals surface area (Å²) < 4.78 is 5.23. The number of esters is 1. The minimum atomic E-state index is -0.443. The topological polar surface area (TPSA) is 88.2 Å². The van der Waals surface area contributed by atoms with E-state index in [1.165, 1.54) is 6.33 Å². The number of aromatic nitrogens is 3. The first-order chi connectivity index (χ1) is 13.7. The Morgan fingerprint density at radius 1 is 1.00 bits per heavy atom. The molecule has 28 heavy (non-hydrogen) atoms. The summed E-state index contributed by atoms with van der Waals surface area (Å²) in [6.07, 6.45) is 3.62. The summed E-state index contributed by atoms with van der Waals surface area (Å²) in [4.78, 5) is 30.7. The van der Waals surface area contributed by atoms with Gasteiger partial charge in [0.25, 0.3) is 5.91 Å². The quantitative estimate of drug-likeness (QED) is 0.692. The Bertz CT molecular complexity index is 937. The highest BCUT2D eigenvalue weighted by molar-refractivity contribution is 6.03.